The number of nitrogens with zero attached hydrogens (tertiary/aromatic N) is 2. The lowest BCUT2D eigenvalue weighted by Gasteiger charge is -2.39. The van der Waals surface area contributed by atoms with Gasteiger partial charge in [-0.1, -0.05) is 6.92 Å². The van der Waals surface area contributed by atoms with Gasteiger partial charge in [-0.25, -0.2) is 4.39 Å². The monoisotopic (exact) mass is 265 g/mol. The molecule has 1 aromatic rings. The van der Waals surface area contributed by atoms with Crippen LogP contribution < -0.4 is 5.73 Å². The molecule has 1 amide bonds. The second-order valence-electron chi connectivity index (χ2n) is 5.03. The van der Waals surface area contributed by atoms with Gasteiger partial charge in [0, 0.05) is 31.2 Å². The second kappa shape index (κ2) is 5.57. The summed E-state index contributed by atoms with van der Waals surface area (Å²) in [4.78, 5) is 16.4. The fourth-order valence-corrected chi connectivity index (χ4v) is 2.43. The van der Waals surface area contributed by atoms with E-state index >= 15 is 0 Å². The first-order valence-electron chi connectivity index (χ1n) is 6.57. The zero-order valence-electron chi connectivity index (χ0n) is 11.4. The van der Waals surface area contributed by atoms with Crippen LogP contribution in [0, 0.1) is 5.82 Å². The van der Waals surface area contributed by atoms with Crippen LogP contribution in [0.5, 0.6) is 0 Å². The first kappa shape index (κ1) is 13.8. The van der Waals surface area contributed by atoms with Crippen molar-refractivity contribution in [2.45, 2.75) is 19.4 Å². The summed E-state index contributed by atoms with van der Waals surface area (Å²) in [6.45, 7) is 4.39. The highest BCUT2D eigenvalue weighted by atomic mass is 19.1. The lowest BCUT2D eigenvalue weighted by molar-refractivity contribution is 0.0542. The standard InChI is InChI=1S/C14H20FN3O/c1-3-11-9-18(7-6-17(11)2)14(19)10-4-5-12(15)13(16)8-10/h4-5,8,11H,3,6-7,9,16H2,1-2H3. The molecule has 5 heteroatoms. The van der Waals surface area contributed by atoms with Gasteiger partial charge in [-0.05, 0) is 31.7 Å². The predicted molar refractivity (Wildman–Crippen MR) is 73.4 cm³/mol. The van der Waals surface area contributed by atoms with Crippen LogP contribution in [-0.2, 0) is 0 Å². The van der Waals surface area contributed by atoms with Crippen LogP contribution >= 0.6 is 0 Å². The molecule has 4 nitrogen and oxygen atoms in total. The van der Waals surface area contributed by atoms with Gasteiger partial charge in [0.25, 0.3) is 5.91 Å². The Kier molecular flexibility index (Phi) is 4.04. The fourth-order valence-electron chi connectivity index (χ4n) is 2.43. The molecule has 0 aliphatic carbocycles. The second-order valence-corrected chi connectivity index (χ2v) is 5.03. The van der Waals surface area contributed by atoms with Crippen LogP contribution in [0.3, 0.4) is 0 Å². The van der Waals surface area contributed by atoms with E-state index in [1.54, 1.807) is 0 Å². The third-order valence-electron chi connectivity index (χ3n) is 3.78. The van der Waals surface area contributed by atoms with Crippen LogP contribution in [0.2, 0.25) is 0 Å². The largest absolute Gasteiger partial charge is 0.396 e. The molecule has 2 rings (SSSR count). The van der Waals surface area contributed by atoms with Gasteiger partial charge in [0.05, 0.1) is 5.69 Å². The number of piperazine rings is 1. The molecule has 0 radical (unpaired) electrons. The Labute approximate surface area is 113 Å². The Morgan fingerprint density at radius 3 is 2.84 bits per heavy atom. The molecule has 0 bridgehead atoms. The maximum Gasteiger partial charge on any atom is 0.254 e. The van der Waals surface area contributed by atoms with E-state index in [4.69, 9.17) is 5.73 Å². The van der Waals surface area contributed by atoms with Crippen LogP contribution in [-0.4, -0.2) is 48.4 Å². The van der Waals surface area contributed by atoms with E-state index in [1.807, 2.05) is 4.90 Å². The molecule has 1 aromatic carbocycles. The first-order valence-corrected chi connectivity index (χ1v) is 6.57. The van der Waals surface area contributed by atoms with Gasteiger partial charge in [0.15, 0.2) is 0 Å². The van der Waals surface area contributed by atoms with Crippen molar-refractivity contribution in [1.29, 1.82) is 0 Å². The van der Waals surface area contributed by atoms with Gasteiger partial charge in [-0.2, -0.15) is 0 Å². The summed E-state index contributed by atoms with van der Waals surface area (Å²) in [7, 11) is 2.08. The minimum atomic E-state index is -0.485. The van der Waals surface area contributed by atoms with E-state index in [1.165, 1.54) is 18.2 Å². The van der Waals surface area contributed by atoms with Crippen molar-refractivity contribution in [1.82, 2.24) is 9.80 Å². The number of nitrogen functional groups attached to an aromatic ring is 1. The molecule has 1 fully saturated rings. The van der Waals surface area contributed by atoms with Gasteiger partial charge in [0.1, 0.15) is 5.82 Å². The minimum Gasteiger partial charge on any atom is -0.396 e. The van der Waals surface area contributed by atoms with Gasteiger partial charge >= 0.3 is 0 Å². The molecule has 1 heterocycles. The SMILES string of the molecule is CCC1CN(C(=O)c2ccc(F)c(N)c2)CCN1C. The minimum absolute atomic E-state index is 0.0204. The predicted octanol–water partition coefficient (Wildman–Crippen LogP) is 1.57. The topological polar surface area (TPSA) is 49.6 Å². The van der Waals surface area contributed by atoms with Crippen LogP contribution in [0.4, 0.5) is 10.1 Å². The summed E-state index contributed by atoms with van der Waals surface area (Å²) in [5.41, 5.74) is 5.99. The number of likely N-dealkylation sites (N-methyl/N-ethyl adjacent to an activating group) is 1. The number of halogens is 1. The number of hydrogen-bond donors (Lipinski definition) is 1. The smallest absolute Gasteiger partial charge is 0.254 e. The van der Waals surface area contributed by atoms with Gasteiger partial charge in [-0.3, -0.25) is 9.69 Å². The molecule has 0 spiro atoms. The van der Waals surface area contributed by atoms with Crippen molar-refractivity contribution in [3.05, 3.63) is 29.6 Å². The van der Waals surface area contributed by atoms with Crippen LogP contribution in [0.25, 0.3) is 0 Å². The Bertz CT molecular complexity index is 478. The molecule has 1 aliphatic rings. The molecule has 1 unspecified atom stereocenters. The fraction of sp³-hybridized carbons (Fsp3) is 0.500. The number of carbonyl (C=O) groups is 1. The molecule has 104 valence electrons. The zero-order chi connectivity index (χ0) is 14.0. The molecule has 2 N–H and O–H groups in total. The number of rotatable bonds is 2. The molecule has 19 heavy (non-hydrogen) atoms. The summed E-state index contributed by atoms with van der Waals surface area (Å²) in [5, 5.41) is 0. The molecule has 0 saturated carbocycles. The number of hydrogen-bond acceptors (Lipinski definition) is 3. The van der Waals surface area contributed by atoms with Crippen LogP contribution in [0.15, 0.2) is 18.2 Å². The number of benzene rings is 1. The molecule has 0 aromatic heterocycles. The van der Waals surface area contributed by atoms with E-state index in [2.05, 4.69) is 18.9 Å². The quantitative estimate of drug-likeness (QED) is 0.826. The maximum absolute atomic E-state index is 13.1. The third-order valence-corrected chi connectivity index (χ3v) is 3.78. The maximum atomic E-state index is 13.1. The molecule has 1 aliphatic heterocycles. The summed E-state index contributed by atoms with van der Waals surface area (Å²) in [6.07, 6.45) is 1.01. The van der Waals surface area contributed by atoms with Crippen molar-refractivity contribution in [2.24, 2.45) is 0 Å². The van der Waals surface area contributed by atoms with E-state index in [0.717, 1.165) is 13.0 Å². The van der Waals surface area contributed by atoms with E-state index in [9.17, 15) is 9.18 Å². The summed E-state index contributed by atoms with van der Waals surface area (Å²) in [6, 6.07) is 4.54. The van der Waals surface area contributed by atoms with Gasteiger partial charge in [0.2, 0.25) is 0 Å². The summed E-state index contributed by atoms with van der Waals surface area (Å²) >= 11 is 0. The number of carbonyl (C=O) groups excluding carboxylic acids is 1. The van der Waals surface area contributed by atoms with Crippen molar-refractivity contribution < 1.29 is 9.18 Å². The molecule has 1 saturated heterocycles. The van der Waals surface area contributed by atoms with Crippen molar-refractivity contribution >= 4 is 11.6 Å². The molecular formula is C14H20FN3O. The molecular weight excluding hydrogens is 245 g/mol. The average molecular weight is 265 g/mol. The summed E-state index contributed by atoms with van der Waals surface area (Å²) in [5.74, 6) is -0.556. The highest BCUT2D eigenvalue weighted by molar-refractivity contribution is 5.95. The zero-order valence-corrected chi connectivity index (χ0v) is 11.4. The highest BCUT2D eigenvalue weighted by Crippen LogP contribution is 2.17. The Morgan fingerprint density at radius 1 is 1.47 bits per heavy atom. The first-order chi connectivity index (χ1) is 9.02. The lowest BCUT2D eigenvalue weighted by atomic mass is 10.1. The van der Waals surface area contributed by atoms with E-state index in [0.29, 0.717) is 24.7 Å². The Hall–Kier alpha value is -1.62. The van der Waals surface area contributed by atoms with Crippen LogP contribution in [0.1, 0.15) is 23.7 Å². The number of nitrogens with two attached hydrogens (primary N) is 1. The van der Waals surface area contributed by atoms with E-state index < -0.39 is 5.82 Å². The highest BCUT2D eigenvalue weighted by Gasteiger charge is 2.26. The number of anilines is 1. The van der Waals surface area contributed by atoms with E-state index in [-0.39, 0.29) is 11.6 Å². The summed E-state index contributed by atoms with van der Waals surface area (Å²) < 4.78 is 13.1. The average Bonchev–Trinajstić information content (AvgIpc) is 2.41. The molecule has 1 atom stereocenters. The van der Waals surface area contributed by atoms with Crippen molar-refractivity contribution in [3.63, 3.8) is 0 Å². The lowest BCUT2D eigenvalue weighted by Crippen LogP contribution is -2.52. The van der Waals surface area contributed by atoms with Crippen molar-refractivity contribution in [2.75, 3.05) is 32.4 Å². The normalized spacial score (nSPS) is 20.6. The Balaban J connectivity index is 2.13. The third kappa shape index (κ3) is 2.87. The van der Waals surface area contributed by atoms with Gasteiger partial charge < -0.3 is 10.6 Å². The van der Waals surface area contributed by atoms with Gasteiger partial charge in [-0.15, -0.1) is 0 Å². The Morgan fingerprint density at radius 2 is 2.21 bits per heavy atom. The van der Waals surface area contributed by atoms with Crippen molar-refractivity contribution in [3.8, 4) is 0 Å². The number of amides is 1.